The topological polar surface area (TPSA) is 87.1 Å². The maximum Gasteiger partial charge on any atom is 0.485 e. The van der Waals surface area contributed by atoms with Gasteiger partial charge in [0.15, 0.2) is 10.1 Å². The Labute approximate surface area is 84.1 Å². The Morgan fingerprint density at radius 3 is 2.13 bits per heavy atom. The molecular formula is C6H9F3N2O3S. The van der Waals surface area contributed by atoms with Gasteiger partial charge in [-0.1, -0.05) is 6.92 Å². The number of aromatic amines is 2. The normalized spacial score (nSPS) is 11.8. The van der Waals surface area contributed by atoms with Crippen molar-refractivity contribution in [1.82, 2.24) is 4.98 Å². The fourth-order valence-electron chi connectivity index (χ4n) is 0.530. The molecule has 1 rings (SSSR count). The van der Waals surface area contributed by atoms with E-state index in [0.717, 1.165) is 6.42 Å². The molecule has 88 valence electrons. The number of halogens is 3. The van der Waals surface area contributed by atoms with Crippen LogP contribution in [-0.2, 0) is 16.5 Å². The highest BCUT2D eigenvalue weighted by Gasteiger charge is 2.36. The summed E-state index contributed by atoms with van der Waals surface area (Å²) in [6.07, 6.45) is 4.82. The lowest BCUT2D eigenvalue weighted by atomic mass is 10.5. The van der Waals surface area contributed by atoms with Crippen molar-refractivity contribution in [3.63, 3.8) is 0 Å². The maximum absolute atomic E-state index is 10.7. The van der Waals surface area contributed by atoms with Crippen LogP contribution in [0.15, 0.2) is 12.4 Å². The van der Waals surface area contributed by atoms with Gasteiger partial charge in [0.25, 0.3) is 5.82 Å². The van der Waals surface area contributed by atoms with Crippen LogP contribution in [-0.4, -0.2) is 23.5 Å². The van der Waals surface area contributed by atoms with Crippen molar-refractivity contribution in [2.24, 2.45) is 0 Å². The molecule has 1 aromatic heterocycles. The first-order chi connectivity index (χ1) is 6.68. The number of rotatable bonds is 1. The molecule has 0 spiro atoms. The minimum Gasteiger partial charge on any atom is -0.741 e. The van der Waals surface area contributed by atoms with Gasteiger partial charge in [-0.05, 0) is 0 Å². The van der Waals surface area contributed by atoms with E-state index in [-0.39, 0.29) is 0 Å². The fourth-order valence-corrected chi connectivity index (χ4v) is 0.530. The van der Waals surface area contributed by atoms with E-state index in [2.05, 4.69) is 16.9 Å². The van der Waals surface area contributed by atoms with E-state index < -0.39 is 15.6 Å². The lowest BCUT2D eigenvalue weighted by Crippen LogP contribution is -2.21. The standard InChI is InChI=1S/C5H8N2.CHF3O3S/c1-2-5-6-3-4-7-5;2-1(3,4)8(5,6)7/h3-4H,2H2,1H3,(H,6,7);(H,5,6,7). The van der Waals surface area contributed by atoms with Crippen LogP contribution < -0.4 is 4.98 Å². The van der Waals surface area contributed by atoms with Crippen molar-refractivity contribution in [2.75, 3.05) is 0 Å². The molecule has 15 heavy (non-hydrogen) atoms. The van der Waals surface area contributed by atoms with Gasteiger partial charge in [0.05, 0.1) is 0 Å². The van der Waals surface area contributed by atoms with E-state index in [9.17, 15) is 13.2 Å². The number of hydrogen-bond donors (Lipinski definition) is 1. The van der Waals surface area contributed by atoms with Crippen molar-refractivity contribution >= 4 is 10.1 Å². The quantitative estimate of drug-likeness (QED) is 0.576. The van der Waals surface area contributed by atoms with E-state index >= 15 is 0 Å². The van der Waals surface area contributed by atoms with Gasteiger partial charge in [-0.2, -0.15) is 13.2 Å². The lowest BCUT2D eigenvalue weighted by molar-refractivity contribution is -0.387. The second-order valence-electron chi connectivity index (χ2n) is 2.35. The third kappa shape index (κ3) is 5.37. The van der Waals surface area contributed by atoms with E-state index in [1.165, 1.54) is 5.82 Å². The van der Waals surface area contributed by atoms with Crippen LogP contribution in [0.25, 0.3) is 0 Å². The monoisotopic (exact) mass is 246 g/mol. The molecule has 0 aromatic carbocycles. The molecule has 0 bridgehead atoms. The number of nitrogens with one attached hydrogen (secondary N) is 2. The summed E-state index contributed by atoms with van der Waals surface area (Å²) in [5.74, 6) is 1.18. The summed E-state index contributed by atoms with van der Waals surface area (Å²) in [5, 5.41) is 0. The number of aromatic nitrogens is 2. The molecule has 0 aliphatic heterocycles. The number of aryl methyl sites for hydroxylation is 1. The Hall–Kier alpha value is -1.09. The SMILES string of the molecule is CCc1[nH]cc[nH+]1.O=S(=O)([O-])C(F)(F)F. The van der Waals surface area contributed by atoms with Crippen LogP contribution in [0, 0.1) is 0 Å². The first kappa shape index (κ1) is 13.9. The van der Waals surface area contributed by atoms with Crippen molar-refractivity contribution < 1.29 is 31.1 Å². The molecule has 0 radical (unpaired) electrons. The first-order valence-corrected chi connectivity index (χ1v) is 5.15. The molecular weight excluding hydrogens is 237 g/mol. The smallest absolute Gasteiger partial charge is 0.485 e. The highest BCUT2D eigenvalue weighted by atomic mass is 32.2. The first-order valence-electron chi connectivity index (χ1n) is 3.74. The van der Waals surface area contributed by atoms with Gasteiger partial charge in [-0.3, -0.25) is 0 Å². The van der Waals surface area contributed by atoms with Crippen molar-refractivity contribution in [3.8, 4) is 0 Å². The Bertz CT molecular complexity index is 371. The third-order valence-electron chi connectivity index (χ3n) is 1.24. The highest BCUT2D eigenvalue weighted by Crippen LogP contribution is 2.20. The van der Waals surface area contributed by atoms with E-state index in [0.29, 0.717) is 0 Å². The van der Waals surface area contributed by atoms with Gasteiger partial charge in [0, 0.05) is 6.42 Å². The molecule has 0 aliphatic rings. The zero-order chi connectivity index (χ0) is 12.1. The zero-order valence-electron chi connectivity index (χ0n) is 7.63. The molecule has 2 N–H and O–H groups in total. The van der Waals surface area contributed by atoms with Gasteiger partial charge in [-0.25, -0.2) is 18.4 Å². The van der Waals surface area contributed by atoms with Crippen molar-refractivity contribution in [2.45, 2.75) is 18.9 Å². The molecule has 0 unspecified atom stereocenters. The van der Waals surface area contributed by atoms with Crippen LogP contribution in [0.1, 0.15) is 12.7 Å². The minimum absolute atomic E-state index is 1.05. The zero-order valence-corrected chi connectivity index (χ0v) is 8.45. The second-order valence-corrected chi connectivity index (χ2v) is 3.73. The highest BCUT2D eigenvalue weighted by molar-refractivity contribution is 7.86. The fraction of sp³-hybridized carbons (Fsp3) is 0.500. The number of imidazole rings is 1. The molecule has 0 saturated heterocycles. The Kier molecular flexibility index (Phi) is 4.75. The predicted molar refractivity (Wildman–Crippen MR) is 42.5 cm³/mol. The summed E-state index contributed by atoms with van der Waals surface area (Å²) in [4.78, 5) is 6.06. The van der Waals surface area contributed by atoms with Crippen molar-refractivity contribution in [3.05, 3.63) is 18.2 Å². The molecule has 1 heterocycles. The van der Waals surface area contributed by atoms with Crippen molar-refractivity contribution in [1.29, 1.82) is 0 Å². The van der Waals surface area contributed by atoms with Gasteiger partial charge in [0.1, 0.15) is 12.4 Å². The molecule has 0 saturated carbocycles. The predicted octanol–water partition coefficient (Wildman–Crippen LogP) is 0.443. The molecule has 1 aromatic rings. The van der Waals surface area contributed by atoms with Crippen LogP contribution in [0.3, 0.4) is 0 Å². The lowest BCUT2D eigenvalue weighted by Gasteiger charge is -2.08. The van der Waals surface area contributed by atoms with Gasteiger partial charge in [0.2, 0.25) is 0 Å². The average molecular weight is 246 g/mol. The van der Waals surface area contributed by atoms with Crippen LogP contribution in [0.2, 0.25) is 0 Å². The summed E-state index contributed by atoms with van der Waals surface area (Å²) in [7, 11) is -6.09. The molecule has 0 atom stereocenters. The minimum atomic E-state index is -6.09. The van der Waals surface area contributed by atoms with E-state index in [1.807, 2.05) is 12.4 Å². The van der Waals surface area contributed by atoms with Crippen LogP contribution in [0.5, 0.6) is 0 Å². The Morgan fingerprint density at radius 2 is 2.00 bits per heavy atom. The summed E-state index contributed by atoms with van der Waals surface area (Å²) >= 11 is 0. The maximum atomic E-state index is 10.7. The van der Waals surface area contributed by atoms with Gasteiger partial charge >= 0.3 is 5.51 Å². The van der Waals surface area contributed by atoms with E-state index in [4.69, 9.17) is 13.0 Å². The summed E-state index contributed by atoms with van der Waals surface area (Å²) in [5.41, 5.74) is -5.65. The largest absolute Gasteiger partial charge is 0.741 e. The average Bonchev–Trinajstić information content (AvgIpc) is 2.52. The summed E-state index contributed by atoms with van der Waals surface area (Å²) in [6, 6.07) is 0. The summed E-state index contributed by atoms with van der Waals surface area (Å²) < 4.78 is 58.9. The number of H-pyrrole nitrogens is 2. The van der Waals surface area contributed by atoms with Crippen LogP contribution in [0.4, 0.5) is 13.2 Å². The molecule has 0 fully saturated rings. The molecule has 5 nitrogen and oxygen atoms in total. The van der Waals surface area contributed by atoms with Crippen LogP contribution >= 0.6 is 0 Å². The Morgan fingerprint density at radius 1 is 1.53 bits per heavy atom. The third-order valence-corrected chi connectivity index (χ3v) is 1.80. The summed E-state index contributed by atoms with van der Waals surface area (Å²) in [6.45, 7) is 2.10. The van der Waals surface area contributed by atoms with E-state index in [1.54, 1.807) is 0 Å². The second kappa shape index (κ2) is 5.12. The molecule has 9 heteroatoms. The molecule has 0 aliphatic carbocycles. The van der Waals surface area contributed by atoms with Gasteiger partial charge < -0.3 is 4.55 Å². The number of hydrogen-bond acceptors (Lipinski definition) is 3. The molecule has 0 amide bonds. The van der Waals surface area contributed by atoms with Gasteiger partial charge in [-0.15, -0.1) is 0 Å². The number of alkyl halides is 3. The Balaban J connectivity index is 0.000000262.